The van der Waals surface area contributed by atoms with Gasteiger partial charge in [0.2, 0.25) is 0 Å². The van der Waals surface area contributed by atoms with Crippen LogP contribution in [-0.2, 0) is 6.61 Å². The van der Waals surface area contributed by atoms with Crippen molar-refractivity contribution in [2.45, 2.75) is 13.5 Å². The monoisotopic (exact) mass is 248 g/mol. The van der Waals surface area contributed by atoms with Gasteiger partial charge in [0.25, 0.3) is 0 Å². The van der Waals surface area contributed by atoms with Gasteiger partial charge in [-0.1, -0.05) is 0 Å². The highest BCUT2D eigenvalue weighted by molar-refractivity contribution is 5.48. The standard InChI is InChI=1S/C13H16N2O3/c1-9-10(8-16)7-15(14-9)11-4-5-12(17-2)13(6-11)18-3/h4-7,16H,8H2,1-3H3. The second-order valence-electron chi connectivity index (χ2n) is 3.88. The van der Waals surface area contributed by atoms with Crippen LogP contribution < -0.4 is 9.47 Å². The van der Waals surface area contributed by atoms with E-state index in [4.69, 9.17) is 14.6 Å². The number of rotatable bonds is 4. The van der Waals surface area contributed by atoms with Gasteiger partial charge in [-0.3, -0.25) is 0 Å². The van der Waals surface area contributed by atoms with E-state index in [1.807, 2.05) is 25.1 Å². The first-order valence-corrected chi connectivity index (χ1v) is 5.58. The summed E-state index contributed by atoms with van der Waals surface area (Å²) in [6, 6.07) is 5.55. The third-order valence-corrected chi connectivity index (χ3v) is 2.80. The first kappa shape index (κ1) is 12.4. The van der Waals surface area contributed by atoms with Crippen LogP contribution in [0.2, 0.25) is 0 Å². The maximum Gasteiger partial charge on any atom is 0.162 e. The minimum atomic E-state index is -0.0148. The minimum Gasteiger partial charge on any atom is -0.493 e. The quantitative estimate of drug-likeness (QED) is 0.894. The molecule has 2 aromatic rings. The molecular formula is C13H16N2O3. The first-order chi connectivity index (χ1) is 8.69. The Morgan fingerprint density at radius 2 is 1.94 bits per heavy atom. The number of aliphatic hydroxyl groups excluding tert-OH is 1. The second kappa shape index (κ2) is 5.10. The van der Waals surface area contributed by atoms with Gasteiger partial charge in [-0.15, -0.1) is 0 Å². The van der Waals surface area contributed by atoms with Crippen LogP contribution in [0.3, 0.4) is 0 Å². The molecular weight excluding hydrogens is 232 g/mol. The van der Waals surface area contributed by atoms with Crippen LogP contribution in [-0.4, -0.2) is 29.1 Å². The number of aliphatic hydroxyl groups is 1. The highest BCUT2D eigenvalue weighted by Gasteiger charge is 2.09. The molecule has 1 aromatic heterocycles. The molecule has 0 amide bonds. The highest BCUT2D eigenvalue weighted by Crippen LogP contribution is 2.29. The number of hydrogen-bond acceptors (Lipinski definition) is 4. The first-order valence-electron chi connectivity index (χ1n) is 5.58. The van der Waals surface area contributed by atoms with Crippen LogP contribution in [0.15, 0.2) is 24.4 Å². The molecule has 0 aliphatic carbocycles. The Hall–Kier alpha value is -2.01. The van der Waals surface area contributed by atoms with Crippen molar-refractivity contribution in [1.82, 2.24) is 9.78 Å². The summed E-state index contributed by atoms with van der Waals surface area (Å²) in [5, 5.41) is 13.5. The Morgan fingerprint density at radius 1 is 1.22 bits per heavy atom. The summed E-state index contributed by atoms with van der Waals surface area (Å²) in [7, 11) is 3.19. The molecule has 0 bridgehead atoms. The Bertz CT molecular complexity index is 549. The molecule has 0 aliphatic heterocycles. The number of aryl methyl sites for hydroxylation is 1. The summed E-state index contributed by atoms with van der Waals surface area (Å²) in [6.45, 7) is 1.85. The summed E-state index contributed by atoms with van der Waals surface area (Å²) in [5.41, 5.74) is 2.48. The summed E-state index contributed by atoms with van der Waals surface area (Å²) >= 11 is 0. The van der Waals surface area contributed by atoms with Crippen LogP contribution in [0, 0.1) is 6.92 Å². The van der Waals surface area contributed by atoms with Crippen molar-refractivity contribution in [3.8, 4) is 17.2 Å². The molecule has 18 heavy (non-hydrogen) atoms. The number of benzene rings is 1. The van der Waals surface area contributed by atoms with Gasteiger partial charge in [0.15, 0.2) is 11.5 Å². The molecule has 0 unspecified atom stereocenters. The summed E-state index contributed by atoms with van der Waals surface area (Å²) in [6.07, 6.45) is 1.80. The van der Waals surface area contributed by atoms with E-state index in [9.17, 15) is 0 Å². The molecule has 0 spiro atoms. The zero-order valence-electron chi connectivity index (χ0n) is 10.7. The van der Waals surface area contributed by atoms with Crippen LogP contribution in [0.5, 0.6) is 11.5 Å². The predicted molar refractivity (Wildman–Crippen MR) is 67.3 cm³/mol. The van der Waals surface area contributed by atoms with Crippen molar-refractivity contribution < 1.29 is 14.6 Å². The number of ether oxygens (including phenoxy) is 2. The summed E-state index contributed by atoms with van der Waals surface area (Å²) in [4.78, 5) is 0. The van der Waals surface area contributed by atoms with E-state index < -0.39 is 0 Å². The average molecular weight is 248 g/mol. The topological polar surface area (TPSA) is 56.5 Å². The molecule has 0 saturated carbocycles. The van der Waals surface area contributed by atoms with E-state index in [0.717, 1.165) is 16.9 Å². The van der Waals surface area contributed by atoms with Gasteiger partial charge in [0.1, 0.15) is 0 Å². The molecule has 5 nitrogen and oxygen atoms in total. The lowest BCUT2D eigenvalue weighted by molar-refractivity contribution is 0.281. The molecule has 1 N–H and O–H groups in total. The fourth-order valence-corrected chi connectivity index (χ4v) is 1.75. The number of aromatic nitrogens is 2. The Kier molecular flexibility index (Phi) is 3.53. The van der Waals surface area contributed by atoms with E-state index in [0.29, 0.717) is 11.5 Å². The zero-order chi connectivity index (χ0) is 13.1. The van der Waals surface area contributed by atoms with E-state index in [-0.39, 0.29) is 6.61 Å². The average Bonchev–Trinajstić information content (AvgIpc) is 2.79. The smallest absolute Gasteiger partial charge is 0.162 e. The normalized spacial score (nSPS) is 10.4. The summed E-state index contributed by atoms with van der Waals surface area (Å²) in [5.74, 6) is 1.32. The molecule has 1 aromatic carbocycles. The van der Waals surface area contributed by atoms with Gasteiger partial charge < -0.3 is 14.6 Å². The lowest BCUT2D eigenvalue weighted by atomic mass is 10.2. The molecule has 0 radical (unpaired) electrons. The van der Waals surface area contributed by atoms with Crippen LogP contribution in [0.4, 0.5) is 0 Å². The van der Waals surface area contributed by atoms with Crippen LogP contribution >= 0.6 is 0 Å². The minimum absolute atomic E-state index is 0.0148. The number of methoxy groups -OCH3 is 2. The van der Waals surface area contributed by atoms with Crippen molar-refractivity contribution in [2.75, 3.05) is 14.2 Å². The Balaban J connectivity index is 2.44. The van der Waals surface area contributed by atoms with Crippen LogP contribution in [0.25, 0.3) is 5.69 Å². The van der Waals surface area contributed by atoms with Crippen molar-refractivity contribution in [2.24, 2.45) is 0 Å². The van der Waals surface area contributed by atoms with E-state index in [1.165, 1.54) is 0 Å². The molecule has 96 valence electrons. The fourth-order valence-electron chi connectivity index (χ4n) is 1.75. The maximum atomic E-state index is 9.16. The maximum absolute atomic E-state index is 9.16. The van der Waals surface area contributed by atoms with Gasteiger partial charge in [-0.2, -0.15) is 5.10 Å². The van der Waals surface area contributed by atoms with Crippen LogP contribution in [0.1, 0.15) is 11.3 Å². The third-order valence-electron chi connectivity index (χ3n) is 2.80. The van der Waals surface area contributed by atoms with Crippen molar-refractivity contribution in [3.05, 3.63) is 35.7 Å². The van der Waals surface area contributed by atoms with E-state index in [1.54, 1.807) is 25.1 Å². The predicted octanol–water partition coefficient (Wildman–Crippen LogP) is 1.69. The highest BCUT2D eigenvalue weighted by atomic mass is 16.5. The van der Waals surface area contributed by atoms with E-state index in [2.05, 4.69) is 5.10 Å². The number of hydrogen-bond donors (Lipinski definition) is 1. The van der Waals surface area contributed by atoms with Gasteiger partial charge in [-0.25, -0.2) is 4.68 Å². The molecule has 0 aliphatic rings. The second-order valence-corrected chi connectivity index (χ2v) is 3.88. The molecule has 2 rings (SSSR count). The van der Waals surface area contributed by atoms with Gasteiger partial charge in [0, 0.05) is 17.8 Å². The largest absolute Gasteiger partial charge is 0.493 e. The van der Waals surface area contributed by atoms with Gasteiger partial charge in [0.05, 0.1) is 32.2 Å². The molecule has 5 heteroatoms. The van der Waals surface area contributed by atoms with Crippen molar-refractivity contribution in [1.29, 1.82) is 0 Å². The lowest BCUT2D eigenvalue weighted by Crippen LogP contribution is -1.97. The van der Waals surface area contributed by atoms with E-state index >= 15 is 0 Å². The van der Waals surface area contributed by atoms with Crippen molar-refractivity contribution >= 4 is 0 Å². The molecule has 0 fully saturated rings. The molecule has 1 heterocycles. The SMILES string of the molecule is COc1ccc(-n2cc(CO)c(C)n2)cc1OC. The van der Waals surface area contributed by atoms with Crippen molar-refractivity contribution in [3.63, 3.8) is 0 Å². The fraction of sp³-hybridized carbons (Fsp3) is 0.308. The molecule has 0 saturated heterocycles. The number of nitrogens with zero attached hydrogens (tertiary/aromatic N) is 2. The zero-order valence-corrected chi connectivity index (χ0v) is 10.7. The van der Waals surface area contributed by atoms with Gasteiger partial charge in [-0.05, 0) is 19.1 Å². The summed E-state index contributed by atoms with van der Waals surface area (Å²) < 4.78 is 12.1. The molecule has 0 atom stereocenters. The lowest BCUT2D eigenvalue weighted by Gasteiger charge is -2.09. The Labute approximate surface area is 106 Å². The van der Waals surface area contributed by atoms with Gasteiger partial charge >= 0.3 is 0 Å². The third kappa shape index (κ3) is 2.17. The Morgan fingerprint density at radius 3 is 2.50 bits per heavy atom.